The van der Waals surface area contributed by atoms with Gasteiger partial charge in [0.15, 0.2) is 6.10 Å². The number of aliphatic hydroxyl groups excluding tert-OH is 1. The third-order valence-corrected chi connectivity index (χ3v) is 2.29. The van der Waals surface area contributed by atoms with Crippen LogP contribution in [0.4, 0.5) is 8.78 Å². The molecule has 1 aromatic carbocycles. The van der Waals surface area contributed by atoms with E-state index in [-0.39, 0.29) is 6.42 Å². The molecule has 0 saturated carbocycles. The predicted molar refractivity (Wildman–Crippen MR) is 46.4 cm³/mol. The third kappa shape index (κ3) is 1.57. The number of halogens is 2. The first-order valence-corrected chi connectivity index (χ1v) is 4.40. The summed E-state index contributed by atoms with van der Waals surface area (Å²) in [6.45, 7) is 0. The highest BCUT2D eigenvalue weighted by molar-refractivity contribution is 5.36. The highest BCUT2D eigenvalue weighted by Gasteiger charge is 2.32. The first-order chi connectivity index (χ1) is 6.68. The molecular weight excluding hydrogens is 190 g/mol. The van der Waals surface area contributed by atoms with Gasteiger partial charge in [-0.25, -0.2) is 8.78 Å². The molecule has 2 nitrogen and oxygen atoms in total. The van der Waals surface area contributed by atoms with Gasteiger partial charge in [0.25, 0.3) is 6.43 Å². The number of para-hydroxylation sites is 1. The van der Waals surface area contributed by atoms with Gasteiger partial charge in [0.1, 0.15) is 5.75 Å². The Balaban J connectivity index is 2.29. The van der Waals surface area contributed by atoms with Crippen molar-refractivity contribution in [2.24, 2.45) is 0 Å². The van der Waals surface area contributed by atoms with Crippen LogP contribution < -0.4 is 4.74 Å². The van der Waals surface area contributed by atoms with Gasteiger partial charge in [0.2, 0.25) is 0 Å². The monoisotopic (exact) mass is 200 g/mol. The molecule has 1 N–H and O–H groups in total. The molecule has 0 aliphatic carbocycles. The molecule has 0 saturated heterocycles. The van der Waals surface area contributed by atoms with E-state index in [1.54, 1.807) is 24.3 Å². The van der Waals surface area contributed by atoms with Crippen molar-refractivity contribution in [2.45, 2.75) is 25.1 Å². The highest BCUT2D eigenvalue weighted by atomic mass is 19.3. The maximum atomic E-state index is 12.4. The topological polar surface area (TPSA) is 29.5 Å². The number of hydrogen-bond acceptors (Lipinski definition) is 2. The van der Waals surface area contributed by atoms with E-state index in [1.807, 2.05) is 0 Å². The van der Waals surface area contributed by atoms with Crippen molar-refractivity contribution in [1.82, 2.24) is 0 Å². The Hall–Kier alpha value is -1.16. The zero-order valence-electron chi connectivity index (χ0n) is 7.36. The van der Waals surface area contributed by atoms with Crippen molar-refractivity contribution in [3.8, 4) is 5.75 Å². The Morgan fingerprint density at radius 3 is 2.79 bits per heavy atom. The Labute approximate surface area is 80.1 Å². The molecule has 1 aromatic rings. The lowest BCUT2D eigenvalue weighted by Crippen LogP contribution is -2.31. The van der Waals surface area contributed by atoms with Crippen molar-refractivity contribution < 1.29 is 18.6 Å². The van der Waals surface area contributed by atoms with E-state index >= 15 is 0 Å². The molecule has 4 heteroatoms. The molecule has 0 bridgehead atoms. The number of aliphatic hydroxyl groups is 1. The van der Waals surface area contributed by atoms with Crippen LogP contribution in [0.1, 0.15) is 18.1 Å². The van der Waals surface area contributed by atoms with Crippen LogP contribution in [0.15, 0.2) is 24.3 Å². The van der Waals surface area contributed by atoms with Gasteiger partial charge in [-0.2, -0.15) is 0 Å². The molecule has 0 amide bonds. The lowest BCUT2D eigenvalue weighted by atomic mass is 9.99. The average molecular weight is 200 g/mol. The van der Waals surface area contributed by atoms with E-state index in [0.717, 1.165) is 0 Å². The molecule has 1 heterocycles. The number of rotatable bonds is 1. The maximum Gasteiger partial charge on any atom is 0.274 e. The van der Waals surface area contributed by atoms with E-state index in [9.17, 15) is 13.9 Å². The average Bonchev–Trinajstić information content (AvgIpc) is 2.17. The van der Waals surface area contributed by atoms with Crippen LogP contribution in [0.3, 0.4) is 0 Å². The summed E-state index contributed by atoms with van der Waals surface area (Å²) in [6, 6.07) is 6.71. The second-order valence-corrected chi connectivity index (χ2v) is 3.28. The molecule has 2 rings (SSSR count). The van der Waals surface area contributed by atoms with E-state index in [4.69, 9.17) is 4.74 Å². The predicted octanol–water partition coefficient (Wildman–Crippen LogP) is 2.14. The van der Waals surface area contributed by atoms with Crippen LogP contribution >= 0.6 is 0 Å². The fourth-order valence-electron chi connectivity index (χ4n) is 1.58. The molecule has 0 spiro atoms. The van der Waals surface area contributed by atoms with Gasteiger partial charge < -0.3 is 9.84 Å². The van der Waals surface area contributed by atoms with Crippen molar-refractivity contribution >= 4 is 0 Å². The molecular formula is C10H10F2O2. The smallest absolute Gasteiger partial charge is 0.274 e. The van der Waals surface area contributed by atoms with E-state index in [1.165, 1.54) is 0 Å². The number of alkyl halides is 2. The van der Waals surface area contributed by atoms with Gasteiger partial charge in [-0.15, -0.1) is 0 Å². The minimum atomic E-state index is -2.56. The fraction of sp³-hybridized carbons (Fsp3) is 0.400. The number of benzene rings is 1. The van der Waals surface area contributed by atoms with Gasteiger partial charge in [0, 0.05) is 12.0 Å². The van der Waals surface area contributed by atoms with Gasteiger partial charge >= 0.3 is 0 Å². The molecule has 0 radical (unpaired) electrons. The lowest BCUT2D eigenvalue weighted by molar-refractivity contribution is -0.0323. The first-order valence-electron chi connectivity index (χ1n) is 4.40. The van der Waals surface area contributed by atoms with E-state index < -0.39 is 18.6 Å². The summed E-state index contributed by atoms with van der Waals surface area (Å²) in [5.41, 5.74) is 0.587. The van der Waals surface area contributed by atoms with Crippen molar-refractivity contribution in [1.29, 1.82) is 0 Å². The highest BCUT2D eigenvalue weighted by Crippen LogP contribution is 2.35. The second kappa shape index (κ2) is 3.53. The third-order valence-electron chi connectivity index (χ3n) is 2.29. The zero-order valence-corrected chi connectivity index (χ0v) is 7.36. The normalized spacial score (nSPS) is 25.7. The first kappa shape index (κ1) is 9.40. The number of hydrogen-bond donors (Lipinski definition) is 1. The number of ether oxygens (including phenoxy) is 1. The van der Waals surface area contributed by atoms with Crippen LogP contribution in [-0.2, 0) is 0 Å². The summed E-state index contributed by atoms with van der Waals surface area (Å²) in [5.74, 6) is 0.358. The molecule has 1 aliphatic heterocycles. The summed E-state index contributed by atoms with van der Waals surface area (Å²) >= 11 is 0. The van der Waals surface area contributed by atoms with Crippen molar-refractivity contribution in [3.63, 3.8) is 0 Å². The molecule has 0 aromatic heterocycles. The Morgan fingerprint density at radius 2 is 2.07 bits per heavy atom. The molecule has 2 atom stereocenters. The molecule has 14 heavy (non-hydrogen) atoms. The second-order valence-electron chi connectivity index (χ2n) is 3.28. The largest absolute Gasteiger partial charge is 0.484 e. The number of fused-ring (bicyclic) bond motifs is 1. The summed E-state index contributed by atoms with van der Waals surface area (Å²) in [4.78, 5) is 0. The summed E-state index contributed by atoms with van der Waals surface area (Å²) < 4.78 is 29.8. The van der Waals surface area contributed by atoms with Gasteiger partial charge in [0.05, 0.1) is 6.10 Å². The molecule has 1 aliphatic rings. The molecule has 0 fully saturated rings. The maximum absolute atomic E-state index is 12.4. The van der Waals surface area contributed by atoms with Crippen LogP contribution in [0.25, 0.3) is 0 Å². The Bertz CT molecular complexity index is 328. The molecule has 0 unspecified atom stereocenters. The standard InChI is InChI=1S/C10H10F2O2/c11-10(12)9-5-7(13)6-3-1-2-4-8(6)14-9/h1-4,7,9-10,13H,5H2/t7-,9-/m1/s1. The van der Waals surface area contributed by atoms with Crippen molar-refractivity contribution in [3.05, 3.63) is 29.8 Å². The van der Waals surface area contributed by atoms with Crippen LogP contribution in [0, 0.1) is 0 Å². The van der Waals surface area contributed by atoms with Crippen LogP contribution in [0.5, 0.6) is 5.75 Å². The van der Waals surface area contributed by atoms with E-state index in [0.29, 0.717) is 11.3 Å². The Kier molecular flexibility index (Phi) is 2.37. The van der Waals surface area contributed by atoms with Crippen LogP contribution in [-0.4, -0.2) is 17.6 Å². The van der Waals surface area contributed by atoms with Gasteiger partial charge in [-0.05, 0) is 6.07 Å². The summed E-state index contributed by atoms with van der Waals surface area (Å²) in [7, 11) is 0. The summed E-state index contributed by atoms with van der Waals surface area (Å²) in [6.07, 6.45) is -4.65. The lowest BCUT2D eigenvalue weighted by Gasteiger charge is -2.28. The summed E-state index contributed by atoms with van der Waals surface area (Å²) in [5, 5.41) is 9.57. The minimum Gasteiger partial charge on any atom is -0.484 e. The fourth-order valence-corrected chi connectivity index (χ4v) is 1.58. The minimum absolute atomic E-state index is 0.0469. The van der Waals surface area contributed by atoms with Crippen LogP contribution in [0.2, 0.25) is 0 Å². The van der Waals surface area contributed by atoms with Gasteiger partial charge in [-0.3, -0.25) is 0 Å². The zero-order chi connectivity index (χ0) is 10.1. The van der Waals surface area contributed by atoms with Gasteiger partial charge in [-0.1, -0.05) is 18.2 Å². The SMILES string of the molecule is O[C@@H]1C[C@H](C(F)F)Oc2ccccc21. The van der Waals surface area contributed by atoms with E-state index in [2.05, 4.69) is 0 Å². The van der Waals surface area contributed by atoms with Crippen molar-refractivity contribution in [2.75, 3.05) is 0 Å². The Morgan fingerprint density at radius 1 is 1.36 bits per heavy atom. The quantitative estimate of drug-likeness (QED) is 0.752. The molecule has 76 valence electrons.